The van der Waals surface area contributed by atoms with E-state index in [-0.39, 0.29) is 23.4 Å². The van der Waals surface area contributed by atoms with Gasteiger partial charge in [0.15, 0.2) is 0 Å². The molecule has 0 radical (unpaired) electrons. The highest BCUT2D eigenvalue weighted by molar-refractivity contribution is 14.1. The van der Waals surface area contributed by atoms with E-state index >= 15 is 0 Å². The third-order valence-electron chi connectivity index (χ3n) is 3.83. The summed E-state index contributed by atoms with van der Waals surface area (Å²) in [4.78, 5) is 12.3. The van der Waals surface area contributed by atoms with Crippen molar-refractivity contribution in [3.05, 3.63) is 45.3 Å². The molecule has 1 aromatic carbocycles. The number of aromatic nitrogens is 2. The van der Waals surface area contributed by atoms with Crippen LogP contribution in [-0.4, -0.2) is 15.7 Å². The second-order valence-electron chi connectivity index (χ2n) is 5.58. The molecule has 1 heterocycles. The van der Waals surface area contributed by atoms with Crippen molar-refractivity contribution in [3.63, 3.8) is 0 Å². The number of hydrogen-bond donors (Lipinski definition) is 1. The Balaban J connectivity index is 1.72. The third kappa shape index (κ3) is 3.51. The highest BCUT2D eigenvalue weighted by atomic mass is 127. The van der Waals surface area contributed by atoms with Crippen molar-refractivity contribution in [1.29, 1.82) is 0 Å². The van der Waals surface area contributed by atoms with E-state index in [2.05, 4.69) is 10.4 Å². The molecule has 1 aliphatic rings. The zero-order valence-corrected chi connectivity index (χ0v) is 14.2. The van der Waals surface area contributed by atoms with Crippen LogP contribution in [0.2, 0.25) is 0 Å². The Kier molecular flexibility index (Phi) is 4.11. The quantitative estimate of drug-likeness (QED) is 0.747. The van der Waals surface area contributed by atoms with Gasteiger partial charge in [-0.2, -0.15) is 18.3 Å². The fourth-order valence-electron chi connectivity index (χ4n) is 2.51. The lowest BCUT2D eigenvalue weighted by atomic mass is 10.1. The molecule has 1 N–H and O–H groups in total. The van der Waals surface area contributed by atoms with E-state index in [9.17, 15) is 18.0 Å². The summed E-state index contributed by atoms with van der Waals surface area (Å²) < 4.78 is 40.5. The molecule has 122 valence electrons. The molecule has 3 rings (SSSR count). The first-order chi connectivity index (χ1) is 10.8. The van der Waals surface area contributed by atoms with Crippen LogP contribution in [0.3, 0.4) is 0 Å². The van der Waals surface area contributed by atoms with Crippen molar-refractivity contribution in [1.82, 2.24) is 9.78 Å². The number of nitrogens with zero attached hydrogens (tertiary/aromatic N) is 2. The maximum absolute atomic E-state index is 12.8. The number of halogens is 4. The van der Waals surface area contributed by atoms with Gasteiger partial charge in [-0.3, -0.25) is 9.48 Å². The molecule has 4 nitrogen and oxygen atoms in total. The fourth-order valence-corrected chi connectivity index (χ4v) is 2.98. The predicted molar refractivity (Wildman–Crippen MR) is 86.8 cm³/mol. The van der Waals surface area contributed by atoms with Crippen LogP contribution >= 0.6 is 22.6 Å². The Hall–Kier alpha value is -1.58. The Morgan fingerprint density at radius 2 is 2.17 bits per heavy atom. The zero-order valence-electron chi connectivity index (χ0n) is 12.1. The van der Waals surface area contributed by atoms with Crippen molar-refractivity contribution in [3.8, 4) is 0 Å². The summed E-state index contributed by atoms with van der Waals surface area (Å²) in [5.74, 6) is -0.382. The van der Waals surface area contributed by atoms with Gasteiger partial charge < -0.3 is 5.32 Å². The summed E-state index contributed by atoms with van der Waals surface area (Å²) in [6.45, 7) is 0. The number of carbonyl (C=O) groups excluding carboxylic acids is 1. The molecule has 0 spiro atoms. The monoisotopic (exact) mass is 435 g/mol. The molecule has 0 aliphatic heterocycles. The summed E-state index contributed by atoms with van der Waals surface area (Å²) in [6, 6.07) is 3.33. The standard InChI is InChI=1S/C15H13F3IN3O/c1-22-7-8(6-20-22)10-5-11(10)14(23)21-13-4-9(15(16,17)18)2-3-12(13)19/h2-4,6-7,10-11H,5H2,1H3,(H,21,23)/t10-,11+/m0/s1. The van der Waals surface area contributed by atoms with Gasteiger partial charge >= 0.3 is 6.18 Å². The predicted octanol–water partition coefficient (Wildman–Crippen LogP) is 3.79. The molecule has 1 fully saturated rings. The first-order valence-electron chi connectivity index (χ1n) is 6.92. The van der Waals surface area contributed by atoms with Gasteiger partial charge in [0.2, 0.25) is 5.91 Å². The topological polar surface area (TPSA) is 46.9 Å². The van der Waals surface area contributed by atoms with Crippen LogP contribution in [0.1, 0.15) is 23.5 Å². The van der Waals surface area contributed by atoms with Gasteiger partial charge in [-0.05, 0) is 58.7 Å². The minimum atomic E-state index is -4.43. The second kappa shape index (κ2) is 5.81. The minimum Gasteiger partial charge on any atom is -0.325 e. The Morgan fingerprint density at radius 3 is 2.78 bits per heavy atom. The van der Waals surface area contributed by atoms with E-state index in [1.807, 2.05) is 28.8 Å². The van der Waals surface area contributed by atoms with Gasteiger partial charge in [0.25, 0.3) is 0 Å². The maximum atomic E-state index is 12.8. The number of hydrogen-bond acceptors (Lipinski definition) is 2. The lowest BCUT2D eigenvalue weighted by molar-refractivity contribution is -0.137. The molecule has 0 unspecified atom stereocenters. The van der Waals surface area contributed by atoms with Gasteiger partial charge in [0.05, 0.1) is 17.4 Å². The van der Waals surface area contributed by atoms with E-state index in [1.165, 1.54) is 6.07 Å². The molecule has 23 heavy (non-hydrogen) atoms. The van der Waals surface area contributed by atoms with Crippen molar-refractivity contribution < 1.29 is 18.0 Å². The molecule has 2 atom stereocenters. The Bertz CT molecular complexity index is 757. The zero-order chi connectivity index (χ0) is 16.8. The van der Waals surface area contributed by atoms with Gasteiger partial charge in [0, 0.05) is 22.7 Å². The number of rotatable bonds is 3. The van der Waals surface area contributed by atoms with Crippen molar-refractivity contribution in [2.45, 2.75) is 18.5 Å². The average Bonchev–Trinajstić information content (AvgIpc) is 3.15. The van der Waals surface area contributed by atoms with E-state index < -0.39 is 11.7 Å². The van der Waals surface area contributed by atoms with Crippen molar-refractivity contribution >= 4 is 34.2 Å². The molecule has 8 heteroatoms. The average molecular weight is 435 g/mol. The summed E-state index contributed by atoms with van der Waals surface area (Å²) >= 11 is 1.91. The lowest BCUT2D eigenvalue weighted by Crippen LogP contribution is -2.16. The highest BCUT2D eigenvalue weighted by Crippen LogP contribution is 2.48. The van der Waals surface area contributed by atoms with Gasteiger partial charge in [-0.15, -0.1) is 0 Å². The van der Waals surface area contributed by atoms with Crippen LogP contribution in [0.15, 0.2) is 30.6 Å². The normalized spacial score (nSPS) is 20.4. The molecular formula is C15H13F3IN3O. The van der Waals surface area contributed by atoms with Crippen LogP contribution in [0, 0.1) is 9.49 Å². The third-order valence-corrected chi connectivity index (χ3v) is 4.77. The first-order valence-corrected chi connectivity index (χ1v) is 7.99. The smallest absolute Gasteiger partial charge is 0.325 e. The first kappa shape index (κ1) is 16.3. The van der Waals surface area contributed by atoms with E-state index in [0.29, 0.717) is 9.99 Å². The molecule has 0 saturated heterocycles. The highest BCUT2D eigenvalue weighted by Gasteiger charge is 2.44. The minimum absolute atomic E-state index is 0.0900. The molecule has 1 aromatic heterocycles. The molecular weight excluding hydrogens is 422 g/mol. The van der Waals surface area contributed by atoms with Crippen molar-refractivity contribution in [2.75, 3.05) is 5.32 Å². The number of aryl methyl sites for hydroxylation is 1. The number of benzene rings is 1. The number of amides is 1. The molecule has 1 aliphatic carbocycles. The van der Waals surface area contributed by atoms with Crippen LogP contribution in [0.25, 0.3) is 0 Å². The summed E-state index contributed by atoms with van der Waals surface area (Å²) in [7, 11) is 1.80. The second-order valence-corrected chi connectivity index (χ2v) is 6.74. The van der Waals surface area contributed by atoms with Crippen LogP contribution < -0.4 is 5.32 Å². The molecule has 0 bridgehead atoms. The van der Waals surface area contributed by atoms with E-state index in [1.54, 1.807) is 17.9 Å². The number of alkyl halides is 3. The van der Waals surface area contributed by atoms with E-state index in [4.69, 9.17) is 0 Å². The maximum Gasteiger partial charge on any atom is 0.416 e. The van der Waals surface area contributed by atoms with E-state index in [0.717, 1.165) is 17.7 Å². The largest absolute Gasteiger partial charge is 0.416 e. The van der Waals surface area contributed by atoms with Gasteiger partial charge in [-0.25, -0.2) is 0 Å². The Labute approximate surface area is 144 Å². The van der Waals surface area contributed by atoms with Gasteiger partial charge in [-0.1, -0.05) is 0 Å². The lowest BCUT2D eigenvalue weighted by Gasteiger charge is -2.11. The number of nitrogens with one attached hydrogen (secondary N) is 1. The van der Waals surface area contributed by atoms with Crippen LogP contribution in [0.4, 0.5) is 18.9 Å². The summed E-state index contributed by atoms with van der Waals surface area (Å²) in [5.41, 5.74) is 0.404. The Morgan fingerprint density at radius 1 is 1.43 bits per heavy atom. The molecule has 2 aromatic rings. The fraction of sp³-hybridized carbons (Fsp3) is 0.333. The van der Waals surface area contributed by atoms with Gasteiger partial charge in [0.1, 0.15) is 0 Å². The molecule has 1 amide bonds. The van der Waals surface area contributed by atoms with Crippen LogP contribution in [-0.2, 0) is 18.0 Å². The number of anilines is 1. The SMILES string of the molecule is Cn1cc([C@@H]2C[C@H]2C(=O)Nc2cc(C(F)(F)F)ccc2I)cn1. The summed E-state index contributed by atoms with van der Waals surface area (Å²) in [6.07, 6.45) is -0.174. The van der Waals surface area contributed by atoms with Crippen LogP contribution in [0.5, 0.6) is 0 Å². The van der Waals surface area contributed by atoms with Crippen molar-refractivity contribution in [2.24, 2.45) is 13.0 Å². The number of carbonyl (C=O) groups is 1. The molecule has 1 saturated carbocycles. The summed E-state index contributed by atoms with van der Waals surface area (Å²) in [5, 5.41) is 6.68.